The van der Waals surface area contributed by atoms with E-state index in [2.05, 4.69) is 21.7 Å². The molecule has 1 amide bonds. The quantitative estimate of drug-likeness (QED) is 0.703. The van der Waals surface area contributed by atoms with Gasteiger partial charge < -0.3 is 19.4 Å². The van der Waals surface area contributed by atoms with Gasteiger partial charge in [-0.3, -0.25) is 4.79 Å². The Morgan fingerprint density at radius 3 is 2.88 bits per heavy atom. The number of ether oxygens (including phenoxy) is 1. The highest BCUT2D eigenvalue weighted by molar-refractivity contribution is 7.10. The number of carbonyl (C=O) groups excluding carboxylic acids is 1. The van der Waals surface area contributed by atoms with Gasteiger partial charge in [-0.15, -0.1) is 11.3 Å². The Bertz CT molecular complexity index is 840. The average Bonchev–Trinajstić information content (AvgIpc) is 3.25. The van der Waals surface area contributed by atoms with E-state index >= 15 is 0 Å². The molecule has 5 nitrogen and oxygen atoms in total. The highest BCUT2D eigenvalue weighted by atomic mass is 32.1. The zero-order chi connectivity index (χ0) is 17.8. The lowest BCUT2D eigenvalue weighted by molar-refractivity contribution is -0.120. The van der Waals surface area contributed by atoms with E-state index in [9.17, 15) is 4.79 Å². The molecular formula is C19H22N2O3S. The summed E-state index contributed by atoms with van der Waals surface area (Å²) in [6.45, 7) is 0.579. The number of rotatable bonds is 7. The van der Waals surface area contributed by atoms with Crippen LogP contribution in [-0.4, -0.2) is 38.6 Å². The van der Waals surface area contributed by atoms with Gasteiger partial charge in [-0.05, 0) is 37.7 Å². The van der Waals surface area contributed by atoms with Crippen molar-refractivity contribution in [3.05, 3.63) is 52.4 Å². The molecule has 2 aromatic heterocycles. The summed E-state index contributed by atoms with van der Waals surface area (Å²) in [6.07, 6.45) is 1.94. The van der Waals surface area contributed by atoms with Crippen molar-refractivity contribution in [2.45, 2.75) is 12.5 Å². The topological polar surface area (TPSA) is 54.7 Å². The number of hydrogen-bond donors (Lipinski definition) is 1. The van der Waals surface area contributed by atoms with Gasteiger partial charge in [0.15, 0.2) is 0 Å². The lowest BCUT2D eigenvalue weighted by Gasteiger charge is -2.23. The van der Waals surface area contributed by atoms with Crippen molar-refractivity contribution in [3.8, 4) is 5.75 Å². The van der Waals surface area contributed by atoms with Crippen molar-refractivity contribution in [3.63, 3.8) is 0 Å². The second-order valence-electron chi connectivity index (χ2n) is 6.10. The highest BCUT2D eigenvalue weighted by Gasteiger charge is 2.17. The SMILES string of the molecule is COc1ccc2c(CC(=O)NC[C@H](c3cccs3)N(C)C)coc2c1. The first-order valence-electron chi connectivity index (χ1n) is 8.09. The van der Waals surface area contributed by atoms with Gasteiger partial charge >= 0.3 is 0 Å². The predicted molar refractivity (Wildman–Crippen MR) is 100 cm³/mol. The molecule has 132 valence electrons. The van der Waals surface area contributed by atoms with E-state index in [1.807, 2.05) is 38.4 Å². The van der Waals surface area contributed by atoms with E-state index in [-0.39, 0.29) is 11.9 Å². The molecule has 0 aliphatic heterocycles. The molecule has 0 aliphatic carbocycles. The normalized spacial score (nSPS) is 12.5. The van der Waals surface area contributed by atoms with Crippen LogP contribution in [0.3, 0.4) is 0 Å². The molecule has 0 saturated carbocycles. The maximum Gasteiger partial charge on any atom is 0.224 e. The molecular weight excluding hydrogens is 336 g/mol. The number of fused-ring (bicyclic) bond motifs is 1. The second-order valence-corrected chi connectivity index (χ2v) is 7.08. The van der Waals surface area contributed by atoms with E-state index in [0.29, 0.717) is 13.0 Å². The van der Waals surface area contributed by atoms with Crippen LogP contribution in [0.2, 0.25) is 0 Å². The zero-order valence-corrected chi connectivity index (χ0v) is 15.4. The van der Waals surface area contributed by atoms with Gasteiger partial charge in [0.25, 0.3) is 0 Å². The smallest absolute Gasteiger partial charge is 0.224 e. The molecule has 3 rings (SSSR count). The summed E-state index contributed by atoms with van der Waals surface area (Å²) in [5.74, 6) is 0.726. The molecule has 3 aromatic rings. The van der Waals surface area contributed by atoms with Crippen LogP contribution < -0.4 is 10.1 Å². The van der Waals surface area contributed by atoms with Crippen molar-refractivity contribution in [1.82, 2.24) is 10.2 Å². The van der Waals surface area contributed by atoms with Crippen LogP contribution in [-0.2, 0) is 11.2 Å². The number of hydrogen-bond acceptors (Lipinski definition) is 5. The molecule has 0 saturated heterocycles. The van der Waals surface area contributed by atoms with E-state index < -0.39 is 0 Å². The Hall–Kier alpha value is -2.31. The third kappa shape index (κ3) is 4.03. The molecule has 0 unspecified atom stereocenters. The summed E-state index contributed by atoms with van der Waals surface area (Å²) in [6, 6.07) is 9.93. The van der Waals surface area contributed by atoms with Crippen molar-refractivity contribution >= 4 is 28.2 Å². The second kappa shape index (κ2) is 7.72. The van der Waals surface area contributed by atoms with Gasteiger partial charge in [-0.25, -0.2) is 0 Å². The Labute approximate surface area is 151 Å². The van der Waals surface area contributed by atoms with Gasteiger partial charge in [0.05, 0.1) is 25.8 Å². The lowest BCUT2D eigenvalue weighted by atomic mass is 10.1. The fourth-order valence-corrected chi connectivity index (χ4v) is 3.71. The van der Waals surface area contributed by atoms with Gasteiger partial charge in [0, 0.05) is 28.4 Å². The van der Waals surface area contributed by atoms with Crippen LogP contribution in [0.4, 0.5) is 0 Å². The monoisotopic (exact) mass is 358 g/mol. The Morgan fingerprint density at radius 1 is 1.36 bits per heavy atom. The standard InChI is InChI=1S/C19H22N2O3S/c1-21(2)16(18-5-4-8-25-18)11-20-19(22)9-13-12-24-17-10-14(23-3)6-7-15(13)17/h4-8,10,12,16H,9,11H2,1-3H3,(H,20,22)/t16-/m1/s1. The molecule has 0 bridgehead atoms. The predicted octanol–water partition coefficient (Wildman–Crippen LogP) is 3.46. The van der Waals surface area contributed by atoms with Gasteiger partial charge in [0.2, 0.25) is 5.91 Å². The Kier molecular flexibility index (Phi) is 5.40. The molecule has 25 heavy (non-hydrogen) atoms. The molecule has 6 heteroatoms. The maximum atomic E-state index is 12.4. The van der Waals surface area contributed by atoms with E-state index in [1.165, 1.54) is 4.88 Å². The molecule has 0 spiro atoms. The lowest BCUT2D eigenvalue weighted by Crippen LogP contribution is -2.34. The van der Waals surface area contributed by atoms with Crippen LogP contribution in [0, 0.1) is 0 Å². The summed E-state index contributed by atoms with van der Waals surface area (Å²) in [4.78, 5) is 15.7. The summed E-state index contributed by atoms with van der Waals surface area (Å²) in [5, 5.41) is 6.04. The summed E-state index contributed by atoms with van der Waals surface area (Å²) >= 11 is 1.70. The first-order valence-corrected chi connectivity index (χ1v) is 8.97. The number of carbonyl (C=O) groups is 1. The average molecular weight is 358 g/mol. The number of thiophene rings is 1. The number of amides is 1. The molecule has 2 heterocycles. The first-order chi connectivity index (χ1) is 12.1. The van der Waals surface area contributed by atoms with E-state index in [4.69, 9.17) is 9.15 Å². The first kappa shape index (κ1) is 17.5. The van der Waals surface area contributed by atoms with Crippen molar-refractivity contribution in [2.24, 2.45) is 0 Å². The van der Waals surface area contributed by atoms with Crippen LogP contribution in [0.25, 0.3) is 11.0 Å². The number of furan rings is 1. The number of likely N-dealkylation sites (N-methyl/N-ethyl adjacent to an activating group) is 1. The Balaban J connectivity index is 1.64. The van der Waals surface area contributed by atoms with Crippen LogP contribution in [0.1, 0.15) is 16.5 Å². The zero-order valence-electron chi connectivity index (χ0n) is 14.6. The summed E-state index contributed by atoms with van der Waals surface area (Å²) in [7, 11) is 5.66. The highest BCUT2D eigenvalue weighted by Crippen LogP contribution is 2.26. The summed E-state index contributed by atoms with van der Waals surface area (Å²) < 4.78 is 10.7. The minimum Gasteiger partial charge on any atom is -0.497 e. The number of nitrogens with zero attached hydrogens (tertiary/aromatic N) is 1. The van der Waals surface area contributed by atoms with E-state index in [0.717, 1.165) is 22.3 Å². The largest absolute Gasteiger partial charge is 0.497 e. The van der Waals surface area contributed by atoms with Crippen molar-refractivity contribution < 1.29 is 13.9 Å². The molecule has 0 fully saturated rings. The third-order valence-corrected chi connectivity index (χ3v) is 5.17. The molecule has 1 aromatic carbocycles. The molecule has 1 atom stereocenters. The van der Waals surface area contributed by atoms with Crippen molar-refractivity contribution in [1.29, 1.82) is 0 Å². The van der Waals surface area contributed by atoms with Crippen LogP contribution in [0.15, 0.2) is 46.4 Å². The summed E-state index contributed by atoms with van der Waals surface area (Å²) in [5.41, 5.74) is 1.61. The van der Waals surface area contributed by atoms with Crippen LogP contribution >= 0.6 is 11.3 Å². The number of methoxy groups -OCH3 is 1. The third-order valence-electron chi connectivity index (χ3n) is 4.20. The molecule has 1 N–H and O–H groups in total. The van der Waals surface area contributed by atoms with Gasteiger partial charge in [-0.2, -0.15) is 0 Å². The molecule has 0 radical (unpaired) electrons. The van der Waals surface area contributed by atoms with Gasteiger partial charge in [-0.1, -0.05) is 6.07 Å². The molecule has 0 aliphatic rings. The van der Waals surface area contributed by atoms with Crippen molar-refractivity contribution in [2.75, 3.05) is 27.7 Å². The Morgan fingerprint density at radius 2 is 2.20 bits per heavy atom. The number of benzene rings is 1. The van der Waals surface area contributed by atoms with Gasteiger partial charge in [0.1, 0.15) is 11.3 Å². The van der Waals surface area contributed by atoms with E-state index in [1.54, 1.807) is 24.7 Å². The fraction of sp³-hybridized carbons (Fsp3) is 0.316. The minimum absolute atomic E-state index is 0.0121. The number of nitrogens with one attached hydrogen (secondary N) is 1. The minimum atomic E-state index is -0.0121. The van der Waals surface area contributed by atoms with Crippen LogP contribution in [0.5, 0.6) is 5.75 Å². The maximum absolute atomic E-state index is 12.4. The fourth-order valence-electron chi connectivity index (χ4n) is 2.79.